The zero-order chi connectivity index (χ0) is 11.2. The van der Waals surface area contributed by atoms with Gasteiger partial charge in [-0.1, -0.05) is 13.3 Å². The smallest absolute Gasteiger partial charge is 0.0430 e. The van der Waals surface area contributed by atoms with Crippen molar-refractivity contribution in [1.82, 2.24) is 0 Å². The van der Waals surface area contributed by atoms with E-state index in [4.69, 9.17) is 5.11 Å². The Kier molecular flexibility index (Phi) is 19.5. The zero-order valence-corrected chi connectivity index (χ0v) is 13.5. The average Bonchev–Trinajstić information content (AvgIpc) is 2.99. The van der Waals surface area contributed by atoms with Crippen LogP contribution in [0, 0.1) is 12.2 Å². The largest absolute Gasteiger partial charge is 0.396 e. The molecule has 2 aliphatic carbocycles. The van der Waals surface area contributed by atoms with E-state index in [1.807, 2.05) is 24.3 Å². The molecule has 0 aromatic carbocycles. The molecule has 0 saturated carbocycles. The molecule has 2 rings (SSSR count). The minimum absolute atomic E-state index is 0. The summed E-state index contributed by atoms with van der Waals surface area (Å²) in [4.78, 5) is 0. The van der Waals surface area contributed by atoms with Gasteiger partial charge in [-0.25, -0.2) is 24.3 Å². The van der Waals surface area contributed by atoms with Gasteiger partial charge in [-0.3, -0.25) is 12.2 Å². The first kappa shape index (κ1) is 18.2. The maximum atomic E-state index is 8.07. The molecule has 0 heterocycles. The predicted molar refractivity (Wildman–Crippen MR) is 65.1 cm³/mol. The standard InChI is InChI=1S/2C5H5.C4H10O.Hf/c2*1-2-4-5-3-1;1-2-3-4-5;/h2*1-3H,4H2;5H,2-4H2,1H3;/q2*-1;;. The molecule has 88 valence electrons. The third-order valence-electron chi connectivity index (χ3n) is 1.68. The summed E-state index contributed by atoms with van der Waals surface area (Å²) in [6.07, 6.45) is 22.0. The van der Waals surface area contributed by atoms with E-state index in [2.05, 4.69) is 31.2 Å². The van der Waals surface area contributed by atoms with E-state index >= 15 is 0 Å². The monoisotopic (exact) mass is 384 g/mol. The molecule has 0 amide bonds. The average molecular weight is 383 g/mol. The van der Waals surface area contributed by atoms with Gasteiger partial charge in [0, 0.05) is 32.5 Å². The molecule has 0 aromatic heterocycles. The normalized spacial score (nSPS) is 13.6. The van der Waals surface area contributed by atoms with Crippen LogP contribution in [-0.4, -0.2) is 11.7 Å². The quantitative estimate of drug-likeness (QED) is 0.573. The van der Waals surface area contributed by atoms with Crippen molar-refractivity contribution >= 4 is 0 Å². The van der Waals surface area contributed by atoms with E-state index in [9.17, 15) is 0 Å². The van der Waals surface area contributed by atoms with Crippen molar-refractivity contribution in [3.63, 3.8) is 0 Å². The van der Waals surface area contributed by atoms with Crippen molar-refractivity contribution in [1.29, 1.82) is 0 Å². The first-order valence-corrected chi connectivity index (χ1v) is 5.46. The van der Waals surface area contributed by atoms with E-state index in [0.717, 1.165) is 25.7 Å². The Morgan fingerprint density at radius 3 is 1.62 bits per heavy atom. The van der Waals surface area contributed by atoms with Gasteiger partial charge in [0.2, 0.25) is 0 Å². The molecule has 2 aliphatic rings. The van der Waals surface area contributed by atoms with Crippen LogP contribution in [0.25, 0.3) is 0 Å². The third kappa shape index (κ3) is 16.2. The fraction of sp³-hybridized carbons (Fsp3) is 0.429. The molecule has 0 fully saturated rings. The molecule has 0 radical (unpaired) electrons. The van der Waals surface area contributed by atoms with Crippen LogP contribution in [0.5, 0.6) is 0 Å². The molecule has 0 unspecified atom stereocenters. The summed E-state index contributed by atoms with van der Waals surface area (Å²) in [5.41, 5.74) is 0. The zero-order valence-electron chi connectivity index (χ0n) is 9.95. The summed E-state index contributed by atoms with van der Waals surface area (Å²) in [7, 11) is 0. The summed E-state index contributed by atoms with van der Waals surface area (Å²) in [6.45, 7) is 2.40. The van der Waals surface area contributed by atoms with Crippen molar-refractivity contribution in [2.24, 2.45) is 0 Å². The van der Waals surface area contributed by atoms with E-state index in [0.29, 0.717) is 6.61 Å². The molecule has 2 heteroatoms. The molecule has 1 nitrogen and oxygen atoms in total. The molecular formula is C14H20HfO-2. The fourth-order valence-corrected chi connectivity index (χ4v) is 0.839. The molecule has 0 aromatic rings. The van der Waals surface area contributed by atoms with Gasteiger partial charge in [0.1, 0.15) is 0 Å². The maximum absolute atomic E-state index is 8.07. The van der Waals surface area contributed by atoms with Crippen LogP contribution in [0.15, 0.2) is 36.5 Å². The minimum Gasteiger partial charge on any atom is -0.396 e. The first-order valence-electron chi connectivity index (χ1n) is 5.46. The van der Waals surface area contributed by atoms with Gasteiger partial charge in [-0.05, 0) is 6.42 Å². The summed E-state index contributed by atoms with van der Waals surface area (Å²) >= 11 is 0. The van der Waals surface area contributed by atoms with Gasteiger partial charge >= 0.3 is 0 Å². The second kappa shape index (κ2) is 17.2. The maximum Gasteiger partial charge on any atom is 0.0430 e. The second-order valence-corrected chi connectivity index (χ2v) is 3.08. The number of rotatable bonds is 2. The van der Waals surface area contributed by atoms with Crippen molar-refractivity contribution < 1.29 is 30.9 Å². The van der Waals surface area contributed by atoms with Crippen LogP contribution in [0.3, 0.4) is 0 Å². The molecule has 0 aliphatic heterocycles. The molecule has 0 saturated heterocycles. The second-order valence-electron chi connectivity index (χ2n) is 3.08. The van der Waals surface area contributed by atoms with Gasteiger partial charge in [0.05, 0.1) is 0 Å². The number of hydrogen-bond acceptors (Lipinski definition) is 1. The Balaban J connectivity index is 0. The predicted octanol–water partition coefficient (Wildman–Crippen LogP) is 3.39. The van der Waals surface area contributed by atoms with Crippen molar-refractivity contribution in [3.8, 4) is 0 Å². The minimum atomic E-state index is 0. The SMILES string of the molecule is CCCCO.[C-]1=CC=CC1.[C-]1=CC=CC1.[Hf]. The van der Waals surface area contributed by atoms with E-state index in [1.165, 1.54) is 0 Å². The van der Waals surface area contributed by atoms with Crippen LogP contribution < -0.4 is 0 Å². The van der Waals surface area contributed by atoms with Crippen LogP contribution in [0.2, 0.25) is 0 Å². The number of aliphatic hydroxyl groups is 1. The molecule has 1 N–H and O–H groups in total. The van der Waals surface area contributed by atoms with Crippen LogP contribution in [-0.2, 0) is 25.8 Å². The molecule has 0 spiro atoms. The van der Waals surface area contributed by atoms with Gasteiger partial charge in [-0.15, -0.1) is 12.8 Å². The van der Waals surface area contributed by atoms with E-state index < -0.39 is 0 Å². The number of unbranched alkanes of at least 4 members (excludes halogenated alkanes) is 1. The van der Waals surface area contributed by atoms with E-state index in [1.54, 1.807) is 0 Å². The topological polar surface area (TPSA) is 20.2 Å². The number of hydrogen-bond donors (Lipinski definition) is 1. The van der Waals surface area contributed by atoms with Crippen LogP contribution >= 0.6 is 0 Å². The number of aliphatic hydroxyl groups excluding tert-OH is 1. The van der Waals surface area contributed by atoms with Gasteiger partial charge < -0.3 is 5.11 Å². The van der Waals surface area contributed by atoms with E-state index in [-0.39, 0.29) is 25.8 Å². The molecule has 0 atom stereocenters. The summed E-state index contributed by atoms with van der Waals surface area (Å²) in [5, 5.41) is 8.07. The van der Waals surface area contributed by atoms with Crippen LogP contribution in [0.1, 0.15) is 32.6 Å². The third-order valence-corrected chi connectivity index (χ3v) is 1.68. The molecular weight excluding hydrogens is 363 g/mol. The number of allylic oxidation sites excluding steroid dienone is 8. The van der Waals surface area contributed by atoms with Crippen molar-refractivity contribution in [2.75, 3.05) is 6.61 Å². The summed E-state index contributed by atoms with van der Waals surface area (Å²) in [6, 6.07) is 0. The Morgan fingerprint density at radius 1 is 1.06 bits per heavy atom. The van der Waals surface area contributed by atoms with Gasteiger partial charge in [0.25, 0.3) is 0 Å². The summed E-state index contributed by atoms with van der Waals surface area (Å²) in [5.74, 6) is 0. The Morgan fingerprint density at radius 2 is 1.56 bits per heavy atom. The van der Waals surface area contributed by atoms with Gasteiger partial charge in [0.15, 0.2) is 0 Å². The first-order chi connectivity index (χ1) is 7.41. The van der Waals surface area contributed by atoms with Crippen molar-refractivity contribution in [3.05, 3.63) is 48.6 Å². The molecule has 16 heavy (non-hydrogen) atoms. The van der Waals surface area contributed by atoms with Crippen molar-refractivity contribution in [2.45, 2.75) is 32.6 Å². The Labute approximate surface area is 118 Å². The van der Waals surface area contributed by atoms with Crippen LogP contribution in [0.4, 0.5) is 0 Å². The van der Waals surface area contributed by atoms with Gasteiger partial charge in [-0.2, -0.15) is 12.2 Å². The molecule has 0 bridgehead atoms. The Hall–Kier alpha value is -0.210. The summed E-state index contributed by atoms with van der Waals surface area (Å²) < 4.78 is 0. The fourth-order valence-electron chi connectivity index (χ4n) is 0.839. The Bertz CT molecular complexity index is 183.